The topological polar surface area (TPSA) is 46.6 Å². The van der Waals surface area contributed by atoms with E-state index in [1.807, 2.05) is 78.9 Å². The molecule has 4 nitrogen and oxygen atoms in total. The number of aryl methyl sites for hydroxylation is 2. The van der Waals surface area contributed by atoms with E-state index in [1.54, 1.807) is 0 Å². The maximum atomic E-state index is 13.1. The van der Waals surface area contributed by atoms with E-state index in [1.165, 1.54) is 5.56 Å². The summed E-state index contributed by atoms with van der Waals surface area (Å²) in [6, 6.07) is 40.1. The Kier molecular flexibility index (Phi) is 11.9. The molecule has 0 amide bonds. The number of halogens is 1. The molecule has 0 radical (unpaired) electrons. The van der Waals surface area contributed by atoms with Gasteiger partial charge in [-0.3, -0.25) is 9.59 Å². The average molecular weight is 606 g/mol. The van der Waals surface area contributed by atoms with E-state index in [0.29, 0.717) is 32.3 Å². The summed E-state index contributed by atoms with van der Waals surface area (Å²) >= 11 is 0. The Morgan fingerprint density at radius 1 is 0.636 bits per heavy atom. The number of Topliss-reactive ketones (excluding diaryl/α,β-unsaturated/α-hetero) is 2. The van der Waals surface area contributed by atoms with Gasteiger partial charge in [0.2, 0.25) is 0 Å². The number of benzene rings is 5. The maximum Gasteiger partial charge on any atom is 0.163 e. The minimum absolute atomic E-state index is 0. The molecule has 44 heavy (non-hydrogen) atoms. The maximum absolute atomic E-state index is 13.1. The van der Waals surface area contributed by atoms with E-state index >= 15 is 0 Å². The zero-order valence-corrected chi connectivity index (χ0v) is 26.3. The second kappa shape index (κ2) is 16.0. The highest BCUT2D eigenvalue weighted by atomic mass is 35.5. The van der Waals surface area contributed by atoms with Crippen LogP contribution in [0, 0.1) is 0 Å². The summed E-state index contributed by atoms with van der Waals surface area (Å²) < 4.78 is 6.64. The fourth-order valence-electron chi connectivity index (χ4n) is 5.75. The zero-order chi connectivity index (χ0) is 30.0. The molecule has 0 aliphatic heterocycles. The minimum Gasteiger partial charge on any atom is -0.493 e. The van der Waals surface area contributed by atoms with Crippen LogP contribution in [0.1, 0.15) is 62.7 Å². The summed E-state index contributed by atoms with van der Waals surface area (Å²) in [7, 11) is 4.19. The van der Waals surface area contributed by atoms with Crippen molar-refractivity contribution >= 4 is 34.7 Å². The van der Waals surface area contributed by atoms with E-state index < -0.39 is 0 Å². The van der Waals surface area contributed by atoms with Crippen LogP contribution < -0.4 is 4.74 Å². The lowest BCUT2D eigenvalue weighted by molar-refractivity contribution is 0.0975. The van der Waals surface area contributed by atoms with Gasteiger partial charge in [-0.25, -0.2) is 0 Å². The zero-order valence-electron chi connectivity index (χ0n) is 25.4. The molecule has 1 atom stereocenters. The average Bonchev–Trinajstić information content (AvgIpc) is 3.06. The van der Waals surface area contributed by atoms with Crippen LogP contribution in [0.3, 0.4) is 0 Å². The van der Waals surface area contributed by atoms with Crippen molar-refractivity contribution < 1.29 is 14.3 Å². The number of fused-ring (bicyclic) bond motifs is 1. The number of rotatable bonds is 14. The molecule has 0 N–H and O–H groups in total. The van der Waals surface area contributed by atoms with Crippen LogP contribution in [-0.4, -0.2) is 37.2 Å². The van der Waals surface area contributed by atoms with Crippen molar-refractivity contribution in [3.8, 4) is 5.75 Å². The van der Waals surface area contributed by atoms with Gasteiger partial charge in [-0.1, -0.05) is 121 Å². The number of nitrogens with zero attached hydrogens (tertiary/aromatic N) is 1. The van der Waals surface area contributed by atoms with Crippen LogP contribution >= 0.6 is 12.4 Å². The molecular formula is C39H40ClNO3. The molecule has 0 spiro atoms. The summed E-state index contributed by atoms with van der Waals surface area (Å²) in [5, 5.41) is 2.11. The van der Waals surface area contributed by atoms with Gasteiger partial charge in [-0.15, -0.1) is 12.4 Å². The number of hydrogen-bond donors (Lipinski definition) is 0. The summed E-state index contributed by atoms with van der Waals surface area (Å²) in [6.07, 6.45) is 2.79. The molecule has 0 saturated heterocycles. The molecule has 0 aromatic heterocycles. The van der Waals surface area contributed by atoms with Crippen molar-refractivity contribution in [1.82, 2.24) is 4.90 Å². The number of carbonyl (C=O) groups excluding carboxylic acids is 2. The minimum atomic E-state index is 0. The van der Waals surface area contributed by atoms with E-state index in [2.05, 4.69) is 61.5 Å². The van der Waals surface area contributed by atoms with Crippen LogP contribution in [0.5, 0.6) is 5.75 Å². The van der Waals surface area contributed by atoms with Gasteiger partial charge in [0.15, 0.2) is 11.6 Å². The van der Waals surface area contributed by atoms with Crippen LogP contribution in [0.4, 0.5) is 0 Å². The Labute approximate surface area is 267 Å². The first kappa shape index (κ1) is 32.7. The Balaban J connectivity index is 0.00000442. The van der Waals surface area contributed by atoms with Crippen molar-refractivity contribution in [3.63, 3.8) is 0 Å². The van der Waals surface area contributed by atoms with Crippen molar-refractivity contribution in [2.75, 3.05) is 20.7 Å². The van der Waals surface area contributed by atoms with Crippen LogP contribution in [0.15, 0.2) is 121 Å². The molecule has 0 saturated carbocycles. The van der Waals surface area contributed by atoms with Crippen LogP contribution in [0.2, 0.25) is 0 Å². The standard InChI is InChI=1S/C39H39NO3.ClH/c1-40(2)36(29-14-6-3-7-15-29)26-27-43-39-33(23-25-38(42)31-18-10-5-11-19-31)28-32(34-20-12-13-21-35(34)39)22-24-37(41)30-16-8-4-9-17-30;/h3-21,28,36H,22-27H2,1-2H3;1H. The fraction of sp³-hybridized carbons (Fsp3) is 0.231. The highest BCUT2D eigenvalue weighted by molar-refractivity contribution is 5.98. The third-order valence-corrected chi connectivity index (χ3v) is 8.04. The second-order valence-corrected chi connectivity index (χ2v) is 11.2. The molecule has 5 heteroatoms. The summed E-state index contributed by atoms with van der Waals surface area (Å²) in [6.45, 7) is 0.535. The number of ether oxygens (including phenoxy) is 1. The van der Waals surface area contributed by atoms with Crippen LogP contribution in [-0.2, 0) is 12.8 Å². The quantitative estimate of drug-likeness (QED) is 0.119. The monoisotopic (exact) mass is 605 g/mol. The van der Waals surface area contributed by atoms with Crippen LogP contribution in [0.25, 0.3) is 10.8 Å². The third-order valence-electron chi connectivity index (χ3n) is 8.04. The molecule has 226 valence electrons. The largest absolute Gasteiger partial charge is 0.493 e. The van der Waals surface area contributed by atoms with Crippen molar-refractivity contribution in [2.45, 2.75) is 38.1 Å². The molecule has 0 aliphatic carbocycles. The van der Waals surface area contributed by atoms with Crippen molar-refractivity contribution in [1.29, 1.82) is 0 Å². The highest BCUT2D eigenvalue weighted by Crippen LogP contribution is 2.35. The first-order chi connectivity index (χ1) is 21.0. The Morgan fingerprint density at radius 2 is 1.11 bits per heavy atom. The molecule has 5 rings (SSSR count). The number of ketones is 2. The molecule has 0 heterocycles. The second-order valence-electron chi connectivity index (χ2n) is 11.2. The molecule has 0 bridgehead atoms. The van der Waals surface area contributed by atoms with Gasteiger partial charge in [0.1, 0.15) is 5.75 Å². The molecular weight excluding hydrogens is 566 g/mol. The van der Waals surface area contributed by atoms with E-state index in [4.69, 9.17) is 4.74 Å². The van der Waals surface area contributed by atoms with E-state index in [-0.39, 0.29) is 30.0 Å². The highest BCUT2D eigenvalue weighted by Gasteiger charge is 2.19. The summed E-state index contributed by atoms with van der Waals surface area (Å²) in [4.78, 5) is 28.3. The summed E-state index contributed by atoms with van der Waals surface area (Å²) in [5.74, 6) is 1.07. The summed E-state index contributed by atoms with van der Waals surface area (Å²) in [5.41, 5.74) is 4.81. The Bertz CT molecular complexity index is 1650. The smallest absolute Gasteiger partial charge is 0.163 e. The number of carbonyl (C=O) groups is 2. The van der Waals surface area contributed by atoms with E-state index in [9.17, 15) is 9.59 Å². The predicted molar refractivity (Wildman–Crippen MR) is 182 cm³/mol. The normalized spacial score (nSPS) is 11.6. The van der Waals surface area contributed by atoms with Gasteiger partial charge >= 0.3 is 0 Å². The molecule has 1 unspecified atom stereocenters. The van der Waals surface area contributed by atoms with E-state index in [0.717, 1.165) is 45.2 Å². The first-order valence-corrected chi connectivity index (χ1v) is 15.1. The van der Waals surface area contributed by atoms with Gasteiger partial charge in [0, 0.05) is 41.8 Å². The Morgan fingerprint density at radius 3 is 1.66 bits per heavy atom. The fourth-order valence-corrected chi connectivity index (χ4v) is 5.75. The Hall–Kier alpha value is -4.25. The number of hydrogen-bond acceptors (Lipinski definition) is 4. The third kappa shape index (κ3) is 8.22. The molecule has 5 aromatic rings. The SMILES string of the molecule is CN(C)C(CCOc1c(CCC(=O)c2ccccc2)cc(CCC(=O)c2ccccc2)c2ccccc12)c1ccccc1.Cl. The lowest BCUT2D eigenvalue weighted by atomic mass is 9.92. The van der Waals surface area contributed by atoms with Gasteiger partial charge in [-0.05, 0) is 49.0 Å². The van der Waals surface area contributed by atoms with Gasteiger partial charge in [-0.2, -0.15) is 0 Å². The van der Waals surface area contributed by atoms with Gasteiger partial charge in [0.25, 0.3) is 0 Å². The lowest BCUT2D eigenvalue weighted by Gasteiger charge is -2.25. The molecule has 5 aromatic carbocycles. The molecule has 0 fully saturated rings. The van der Waals surface area contributed by atoms with Crippen molar-refractivity contribution in [2.24, 2.45) is 0 Å². The van der Waals surface area contributed by atoms with Gasteiger partial charge in [0.05, 0.1) is 6.61 Å². The molecule has 0 aliphatic rings. The predicted octanol–water partition coefficient (Wildman–Crippen LogP) is 8.96. The van der Waals surface area contributed by atoms with Gasteiger partial charge < -0.3 is 9.64 Å². The first-order valence-electron chi connectivity index (χ1n) is 15.1. The van der Waals surface area contributed by atoms with Crippen molar-refractivity contribution in [3.05, 3.63) is 149 Å². The lowest BCUT2D eigenvalue weighted by Crippen LogP contribution is -2.22.